The number of nitrogens with two attached hydrogens (primary N) is 1. The molecule has 0 radical (unpaired) electrons. The van der Waals surface area contributed by atoms with E-state index in [2.05, 4.69) is 5.32 Å². The highest BCUT2D eigenvalue weighted by molar-refractivity contribution is 5.81. The Labute approximate surface area is 121 Å². The number of amides is 1. The van der Waals surface area contributed by atoms with Crippen molar-refractivity contribution in [2.75, 3.05) is 26.2 Å². The number of hydrogen-bond acceptors (Lipinski definition) is 3. The average molecular weight is 301 g/mol. The molecule has 1 heterocycles. The van der Waals surface area contributed by atoms with Crippen LogP contribution in [0.4, 0.5) is 13.2 Å². The van der Waals surface area contributed by atoms with Gasteiger partial charge in [-0.05, 0) is 30.7 Å². The van der Waals surface area contributed by atoms with Crippen LogP contribution >= 0.6 is 0 Å². The van der Waals surface area contributed by atoms with Gasteiger partial charge in [0.1, 0.15) is 6.04 Å². The Kier molecular flexibility index (Phi) is 4.84. The lowest BCUT2D eigenvalue weighted by molar-refractivity contribution is -0.137. The van der Waals surface area contributed by atoms with Crippen LogP contribution in [0.3, 0.4) is 0 Å². The fraction of sp³-hybridized carbons (Fsp3) is 0.500. The summed E-state index contributed by atoms with van der Waals surface area (Å²) in [7, 11) is 0. The molecule has 4 nitrogen and oxygen atoms in total. The van der Waals surface area contributed by atoms with Crippen molar-refractivity contribution in [1.29, 1.82) is 0 Å². The first-order chi connectivity index (χ1) is 9.89. The van der Waals surface area contributed by atoms with Gasteiger partial charge in [-0.15, -0.1) is 0 Å². The lowest BCUT2D eigenvalue weighted by Crippen LogP contribution is -2.39. The second-order valence-corrected chi connectivity index (χ2v) is 5.06. The van der Waals surface area contributed by atoms with Crippen molar-refractivity contribution in [2.45, 2.75) is 18.6 Å². The van der Waals surface area contributed by atoms with Gasteiger partial charge in [0.25, 0.3) is 0 Å². The third kappa shape index (κ3) is 3.95. The van der Waals surface area contributed by atoms with Crippen LogP contribution in [0.1, 0.15) is 23.6 Å². The van der Waals surface area contributed by atoms with E-state index in [0.29, 0.717) is 18.7 Å². The molecule has 0 aliphatic carbocycles. The highest BCUT2D eigenvalue weighted by atomic mass is 19.4. The third-order valence-electron chi connectivity index (χ3n) is 3.56. The first-order valence-electron chi connectivity index (χ1n) is 6.81. The van der Waals surface area contributed by atoms with Crippen molar-refractivity contribution in [3.8, 4) is 0 Å². The molecule has 21 heavy (non-hydrogen) atoms. The van der Waals surface area contributed by atoms with E-state index in [0.717, 1.165) is 31.6 Å². The summed E-state index contributed by atoms with van der Waals surface area (Å²) in [5, 5.41) is 3.21. The van der Waals surface area contributed by atoms with E-state index in [-0.39, 0.29) is 0 Å². The minimum atomic E-state index is -4.38. The van der Waals surface area contributed by atoms with Crippen molar-refractivity contribution >= 4 is 5.91 Å². The number of alkyl halides is 3. The van der Waals surface area contributed by atoms with Crippen molar-refractivity contribution in [3.05, 3.63) is 35.4 Å². The van der Waals surface area contributed by atoms with Gasteiger partial charge in [-0.2, -0.15) is 13.2 Å². The van der Waals surface area contributed by atoms with E-state index < -0.39 is 23.7 Å². The van der Waals surface area contributed by atoms with Crippen LogP contribution in [0, 0.1) is 0 Å². The molecule has 3 N–H and O–H groups in total. The smallest absolute Gasteiger partial charge is 0.368 e. The molecule has 1 unspecified atom stereocenters. The van der Waals surface area contributed by atoms with Gasteiger partial charge in [0.2, 0.25) is 5.91 Å². The molecule has 7 heteroatoms. The number of carbonyl (C=O) groups excluding carboxylic acids is 1. The van der Waals surface area contributed by atoms with Crippen LogP contribution in [0.2, 0.25) is 0 Å². The summed E-state index contributed by atoms with van der Waals surface area (Å²) < 4.78 is 37.7. The summed E-state index contributed by atoms with van der Waals surface area (Å²) >= 11 is 0. The van der Waals surface area contributed by atoms with Gasteiger partial charge in [-0.25, -0.2) is 0 Å². The van der Waals surface area contributed by atoms with E-state index in [9.17, 15) is 18.0 Å². The molecule has 1 aromatic carbocycles. The molecule has 1 aromatic rings. The first kappa shape index (κ1) is 15.8. The van der Waals surface area contributed by atoms with Gasteiger partial charge in [0.15, 0.2) is 0 Å². The number of rotatable bonds is 3. The van der Waals surface area contributed by atoms with Gasteiger partial charge in [0, 0.05) is 19.6 Å². The Morgan fingerprint density at radius 1 is 1.19 bits per heavy atom. The second-order valence-electron chi connectivity index (χ2n) is 5.06. The molecular weight excluding hydrogens is 283 g/mol. The van der Waals surface area contributed by atoms with Crippen LogP contribution in [0.15, 0.2) is 24.3 Å². The van der Waals surface area contributed by atoms with Crippen LogP contribution in [-0.4, -0.2) is 37.0 Å². The number of nitrogens with zero attached hydrogens (tertiary/aromatic N) is 1. The molecule has 0 bridgehead atoms. The van der Waals surface area contributed by atoms with Gasteiger partial charge in [-0.3, -0.25) is 9.69 Å². The number of carbonyl (C=O) groups is 1. The van der Waals surface area contributed by atoms with E-state index >= 15 is 0 Å². The maximum absolute atomic E-state index is 12.6. The minimum absolute atomic E-state index is 0.498. The fourth-order valence-electron chi connectivity index (χ4n) is 2.53. The Morgan fingerprint density at radius 2 is 1.86 bits per heavy atom. The Balaban J connectivity index is 2.23. The standard InChI is InChI=1S/C14H18F3N3O/c15-14(16,17)11-4-2-10(3-5-11)12(13(18)21)20-8-1-6-19-7-9-20/h2-5,12,19H,1,6-9H2,(H2,18,21). The number of nitrogens with one attached hydrogen (secondary N) is 1. The maximum Gasteiger partial charge on any atom is 0.416 e. The Morgan fingerprint density at radius 3 is 2.43 bits per heavy atom. The molecule has 2 rings (SSSR count). The van der Waals surface area contributed by atoms with Crippen molar-refractivity contribution in [3.63, 3.8) is 0 Å². The van der Waals surface area contributed by atoms with Crippen LogP contribution in [0.5, 0.6) is 0 Å². The summed E-state index contributed by atoms with van der Waals surface area (Å²) in [4.78, 5) is 13.6. The summed E-state index contributed by atoms with van der Waals surface area (Å²) in [6, 6.07) is 3.95. The van der Waals surface area contributed by atoms with E-state index in [1.165, 1.54) is 12.1 Å². The molecule has 0 saturated carbocycles. The summed E-state index contributed by atoms with van der Waals surface area (Å²) in [6.07, 6.45) is -3.52. The quantitative estimate of drug-likeness (QED) is 0.890. The zero-order valence-electron chi connectivity index (χ0n) is 11.5. The van der Waals surface area contributed by atoms with Crippen LogP contribution in [0.25, 0.3) is 0 Å². The Hall–Kier alpha value is -1.60. The lowest BCUT2D eigenvalue weighted by atomic mass is 10.0. The zero-order valence-corrected chi connectivity index (χ0v) is 11.5. The number of hydrogen-bond donors (Lipinski definition) is 2. The van der Waals surface area contributed by atoms with E-state index in [1.54, 1.807) is 0 Å². The normalized spacial score (nSPS) is 19.0. The van der Waals surface area contributed by atoms with Crippen molar-refractivity contribution < 1.29 is 18.0 Å². The van der Waals surface area contributed by atoms with Crippen LogP contribution < -0.4 is 11.1 Å². The predicted molar refractivity (Wildman–Crippen MR) is 72.4 cm³/mol. The molecule has 1 fully saturated rings. The van der Waals surface area contributed by atoms with Crippen molar-refractivity contribution in [2.24, 2.45) is 5.73 Å². The highest BCUT2D eigenvalue weighted by Gasteiger charge is 2.31. The predicted octanol–water partition coefficient (Wildman–Crippen LogP) is 1.53. The summed E-state index contributed by atoms with van der Waals surface area (Å²) in [6.45, 7) is 2.90. The van der Waals surface area contributed by atoms with Gasteiger partial charge >= 0.3 is 6.18 Å². The minimum Gasteiger partial charge on any atom is -0.368 e. The largest absolute Gasteiger partial charge is 0.416 e. The first-order valence-corrected chi connectivity index (χ1v) is 6.81. The SMILES string of the molecule is NC(=O)C(c1ccc(C(F)(F)F)cc1)N1CCCNCC1. The van der Waals surface area contributed by atoms with E-state index in [1.807, 2.05) is 4.90 Å². The Bertz CT molecular complexity index is 479. The third-order valence-corrected chi connectivity index (χ3v) is 3.56. The lowest BCUT2D eigenvalue weighted by Gasteiger charge is -2.28. The second kappa shape index (κ2) is 6.44. The molecular formula is C14H18F3N3O. The average Bonchev–Trinajstić information content (AvgIpc) is 2.67. The molecule has 1 amide bonds. The molecule has 1 aliphatic rings. The molecule has 1 atom stereocenters. The number of primary amides is 1. The molecule has 0 spiro atoms. The summed E-state index contributed by atoms with van der Waals surface area (Å²) in [5.41, 5.74) is 5.22. The monoisotopic (exact) mass is 301 g/mol. The van der Waals surface area contributed by atoms with Gasteiger partial charge < -0.3 is 11.1 Å². The fourth-order valence-corrected chi connectivity index (χ4v) is 2.53. The number of halogens is 3. The molecule has 116 valence electrons. The van der Waals surface area contributed by atoms with Gasteiger partial charge in [-0.1, -0.05) is 12.1 Å². The van der Waals surface area contributed by atoms with E-state index in [4.69, 9.17) is 5.73 Å². The maximum atomic E-state index is 12.6. The van der Waals surface area contributed by atoms with Gasteiger partial charge in [0.05, 0.1) is 5.56 Å². The topological polar surface area (TPSA) is 58.4 Å². The number of benzene rings is 1. The van der Waals surface area contributed by atoms with Crippen molar-refractivity contribution in [1.82, 2.24) is 10.2 Å². The summed E-state index contributed by atoms with van der Waals surface area (Å²) in [5.74, 6) is -0.545. The molecule has 0 aromatic heterocycles. The highest BCUT2D eigenvalue weighted by Crippen LogP contribution is 2.30. The molecule has 1 aliphatic heterocycles. The zero-order chi connectivity index (χ0) is 15.5. The molecule has 1 saturated heterocycles. The van der Waals surface area contributed by atoms with Crippen LogP contribution in [-0.2, 0) is 11.0 Å².